The summed E-state index contributed by atoms with van der Waals surface area (Å²) in [6.07, 6.45) is 0.235. The molecule has 0 saturated heterocycles. The van der Waals surface area contributed by atoms with Crippen molar-refractivity contribution < 1.29 is 23.5 Å². The van der Waals surface area contributed by atoms with Gasteiger partial charge in [0.25, 0.3) is 5.91 Å². The molecule has 31 heavy (non-hydrogen) atoms. The number of halogens is 1. The highest BCUT2D eigenvalue weighted by Gasteiger charge is 2.18. The molecule has 0 fully saturated rings. The molecule has 0 radical (unpaired) electrons. The van der Waals surface area contributed by atoms with Gasteiger partial charge in [-0.3, -0.25) is 9.59 Å². The minimum Gasteiger partial charge on any atom is -0.492 e. The van der Waals surface area contributed by atoms with Crippen LogP contribution in [0.25, 0.3) is 0 Å². The Bertz CT molecular complexity index is 1050. The fourth-order valence-electron chi connectivity index (χ4n) is 2.91. The van der Waals surface area contributed by atoms with Gasteiger partial charge in [-0.25, -0.2) is 4.39 Å². The van der Waals surface area contributed by atoms with Crippen LogP contribution in [0.4, 0.5) is 15.8 Å². The molecule has 2 N–H and O–H groups in total. The lowest BCUT2D eigenvalue weighted by Crippen LogP contribution is -2.17. The summed E-state index contributed by atoms with van der Waals surface area (Å²) in [5.74, 6) is -0.734. The third-order valence-corrected chi connectivity index (χ3v) is 5.11. The maximum Gasteiger partial charge on any atom is 0.258 e. The van der Waals surface area contributed by atoms with Crippen LogP contribution in [0.5, 0.6) is 11.5 Å². The molecular formula is C23H23FN2O4S. The second-order valence-electron chi connectivity index (χ2n) is 6.45. The molecular weight excluding hydrogens is 419 g/mol. The molecule has 1 heterocycles. The molecule has 1 aromatic heterocycles. The van der Waals surface area contributed by atoms with Crippen LogP contribution in [0.15, 0.2) is 53.9 Å². The highest BCUT2D eigenvalue weighted by Crippen LogP contribution is 2.37. The van der Waals surface area contributed by atoms with Crippen molar-refractivity contribution in [2.24, 2.45) is 0 Å². The summed E-state index contributed by atoms with van der Waals surface area (Å²) in [4.78, 5) is 26.0. The Kier molecular flexibility index (Phi) is 7.61. The van der Waals surface area contributed by atoms with Gasteiger partial charge in [0.15, 0.2) is 0 Å². The van der Waals surface area contributed by atoms with Crippen molar-refractivity contribution in [3.8, 4) is 11.5 Å². The van der Waals surface area contributed by atoms with Gasteiger partial charge < -0.3 is 20.1 Å². The van der Waals surface area contributed by atoms with Crippen LogP contribution >= 0.6 is 11.3 Å². The van der Waals surface area contributed by atoms with Crippen molar-refractivity contribution in [2.45, 2.75) is 20.3 Å². The van der Waals surface area contributed by atoms with Crippen molar-refractivity contribution in [1.29, 1.82) is 0 Å². The first-order valence-electron chi connectivity index (χ1n) is 9.83. The first-order valence-corrected chi connectivity index (χ1v) is 10.7. The molecule has 6 nitrogen and oxygen atoms in total. The Hall–Kier alpha value is -3.39. The lowest BCUT2D eigenvalue weighted by Gasteiger charge is -2.18. The molecule has 0 aliphatic heterocycles. The van der Waals surface area contributed by atoms with Crippen LogP contribution < -0.4 is 20.1 Å². The van der Waals surface area contributed by atoms with Crippen molar-refractivity contribution in [1.82, 2.24) is 0 Å². The third-order valence-electron chi connectivity index (χ3n) is 4.24. The molecule has 8 heteroatoms. The number of carbonyl (C=O) groups excluding carboxylic acids is 2. The molecule has 0 spiro atoms. The second kappa shape index (κ2) is 10.6. The van der Waals surface area contributed by atoms with Gasteiger partial charge in [-0.15, -0.1) is 11.3 Å². The number of nitrogens with one attached hydrogen (secondary N) is 2. The lowest BCUT2D eigenvalue weighted by atomic mass is 10.1. The van der Waals surface area contributed by atoms with Gasteiger partial charge >= 0.3 is 0 Å². The van der Waals surface area contributed by atoms with Gasteiger partial charge in [0.2, 0.25) is 5.91 Å². The Morgan fingerprint density at radius 3 is 2.16 bits per heavy atom. The van der Waals surface area contributed by atoms with E-state index in [1.807, 2.05) is 24.4 Å². The third kappa shape index (κ3) is 5.82. The molecule has 162 valence electrons. The van der Waals surface area contributed by atoms with Crippen LogP contribution in [0.2, 0.25) is 0 Å². The standard InChI is InChI=1S/C23H23FN2O4S/c1-3-29-20-14-19(26-23(28)16-9-5-6-10-17(16)24)21(30-4-2)13-18(20)25-22(27)12-15-8-7-11-31-15/h5-11,13-14H,3-4,12H2,1-2H3,(H,25,27)(H,26,28). The zero-order valence-electron chi connectivity index (χ0n) is 17.2. The van der Waals surface area contributed by atoms with E-state index < -0.39 is 11.7 Å². The van der Waals surface area contributed by atoms with E-state index in [2.05, 4.69) is 10.6 Å². The van der Waals surface area contributed by atoms with Gasteiger partial charge in [-0.05, 0) is 37.4 Å². The summed E-state index contributed by atoms with van der Waals surface area (Å²) >= 11 is 1.50. The zero-order valence-corrected chi connectivity index (χ0v) is 18.1. The fraction of sp³-hybridized carbons (Fsp3) is 0.217. The van der Waals surface area contributed by atoms with Gasteiger partial charge in [-0.1, -0.05) is 18.2 Å². The Morgan fingerprint density at radius 1 is 0.935 bits per heavy atom. The zero-order chi connectivity index (χ0) is 22.2. The van der Waals surface area contributed by atoms with E-state index in [-0.39, 0.29) is 17.9 Å². The summed E-state index contributed by atoms with van der Waals surface area (Å²) in [6.45, 7) is 4.29. The van der Waals surface area contributed by atoms with E-state index >= 15 is 0 Å². The van der Waals surface area contributed by atoms with Gasteiger partial charge in [0.1, 0.15) is 17.3 Å². The van der Waals surface area contributed by atoms with E-state index in [0.29, 0.717) is 36.1 Å². The first-order chi connectivity index (χ1) is 15.0. The number of thiophene rings is 1. The monoisotopic (exact) mass is 442 g/mol. The molecule has 2 aromatic carbocycles. The average Bonchev–Trinajstić information content (AvgIpc) is 3.24. The number of rotatable bonds is 9. The van der Waals surface area contributed by atoms with Crippen molar-refractivity contribution in [3.05, 3.63) is 70.2 Å². The Labute approximate surface area is 184 Å². The number of ether oxygens (including phenoxy) is 2. The number of hydrogen-bond acceptors (Lipinski definition) is 5. The predicted octanol–water partition coefficient (Wildman–Crippen LogP) is 5.12. The summed E-state index contributed by atoms with van der Waals surface area (Å²) in [7, 11) is 0. The van der Waals surface area contributed by atoms with Crippen LogP contribution in [0.3, 0.4) is 0 Å². The fourth-order valence-corrected chi connectivity index (χ4v) is 3.61. The van der Waals surface area contributed by atoms with E-state index in [4.69, 9.17) is 9.47 Å². The smallest absolute Gasteiger partial charge is 0.258 e. The number of carbonyl (C=O) groups is 2. The van der Waals surface area contributed by atoms with E-state index in [9.17, 15) is 14.0 Å². The lowest BCUT2D eigenvalue weighted by molar-refractivity contribution is -0.115. The van der Waals surface area contributed by atoms with Crippen LogP contribution in [0.1, 0.15) is 29.1 Å². The number of benzene rings is 2. The summed E-state index contributed by atoms with van der Waals surface area (Å²) in [6, 6.07) is 12.6. The number of hydrogen-bond donors (Lipinski definition) is 2. The molecule has 0 saturated carbocycles. The van der Waals surface area contributed by atoms with E-state index in [1.165, 1.54) is 29.5 Å². The van der Waals surface area contributed by atoms with Crippen LogP contribution in [-0.4, -0.2) is 25.0 Å². The van der Waals surface area contributed by atoms with Crippen molar-refractivity contribution in [3.63, 3.8) is 0 Å². The number of amides is 2. The summed E-state index contributed by atoms with van der Waals surface area (Å²) in [5, 5.41) is 7.43. The quantitative estimate of drug-likeness (QED) is 0.482. The Morgan fingerprint density at radius 2 is 1.58 bits per heavy atom. The second-order valence-corrected chi connectivity index (χ2v) is 7.48. The summed E-state index contributed by atoms with van der Waals surface area (Å²) in [5.41, 5.74) is 0.654. The van der Waals surface area contributed by atoms with Gasteiger partial charge in [0.05, 0.1) is 36.6 Å². The average molecular weight is 443 g/mol. The topological polar surface area (TPSA) is 76.7 Å². The number of anilines is 2. The molecule has 0 unspecified atom stereocenters. The predicted molar refractivity (Wildman–Crippen MR) is 120 cm³/mol. The Balaban J connectivity index is 1.88. The van der Waals surface area contributed by atoms with Crippen molar-refractivity contribution >= 4 is 34.5 Å². The largest absolute Gasteiger partial charge is 0.492 e. The van der Waals surface area contributed by atoms with Gasteiger partial charge in [-0.2, -0.15) is 0 Å². The highest BCUT2D eigenvalue weighted by molar-refractivity contribution is 7.10. The van der Waals surface area contributed by atoms with Crippen LogP contribution in [-0.2, 0) is 11.2 Å². The molecule has 0 aliphatic rings. The van der Waals surface area contributed by atoms with Crippen molar-refractivity contribution in [2.75, 3.05) is 23.8 Å². The summed E-state index contributed by atoms with van der Waals surface area (Å²) < 4.78 is 25.3. The van der Waals surface area contributed by atoms with E-state index in [0.717, 1.165) is 4.88 Å². The van der Waals surface area contributed by atoms with Crippen LogP contribution in [0, 0.1) is 5.82 Å². The maximum absolute atomic E-state index is 14.0. The molecule has 0 atom stereocenters. The normalized spacial score (nSPS) is 10.4. The highest BCUT2D eigenvalue weighted by atomic mass is 32.1. The first kappa shape index (κ1) is 22.3. The molecule has 0 bridgehead atoms. The molecule has 2 amide bonds. The molecule has 3 aromatic rings. The maximum atomic E-state index is 14.0. The minimum absolute atomic E-state index is 0.0868. The SMILES string of the molecule is CCOc1cc(NC(=O)c2ccccc2F)c(OCC)cc1NC(=O)Cc1cccs1. The minimum atomic E-state index is -0.625. The molecule has 0 aliphatic carbocycles. The van der Waals surface area contributed by atoms with E-state index in [1.54, 1.807) is 25.1 Å². The molecule has 3 rings (SSSR count). The van der Waals surface area contributed by atoms with Gasteiger partial charge in [0, 0.05) is 17.0 Å².